The van der Waals surface area contributed by atoms with Gasteiger partial charge in [-0.1, -0.05) is 11.6 Å². The minimum absolute atomic E-state index is 0.000859. The Balaban J connectivity index is 1.91. The summed E-state index contributed by atoms with van der Waals surface area (Å²) in [5.74, 6) is 0.282. The highest BCUT2D eigenvalue weighted by atomic mass is 35.5. The Hall–Kier alpha value is -1.82. The van der Waals surface area contributed by atoms with Crippen molar-refractivity contribution in [1.82, 2.24) is 5.32 Å². The van der Waals surface area contributed by atoms with Gasteiger partial charge in [-0.3, -0.25) is 14.9 Å². The van der Waals surface area contributed by atoms with Gasteiger partial charge in [0.05, 0.1) is 4.92 Å². The molecular formula is C12H13ClN2O4. The number of nitro groups is 1. The first-order valence-corrected chi connectivity index (χ1v) is 6.27. The molecule has 102 valence electrons. The molecule has 0 saturated heterocycles. The van der Waals surface area contributed by atoms with E-state index in [2.05, 4.69) is 5.32 Å². The van der Waals surface area contributed by atoms with Crippen LogP contribution in [0, 0.1) is 16.0 Å². The van der Waals surface area contributed by atoms with Crippen LogP contribution < -0.4 is 10.1 Å². The lowest BCUT2D eigenvalue weighted by molar-refractivity contribution is -0.385. The molecule has 0 radical (unpaired) electrons. The number of nitro benzene ring substituents is 1. The molecule has 0 heterocycles. The second-order valence-corrected chi connectivity index (χ2v) is 4.84. The van der Waals surface area contributed by atoms with Gasteiger partial charge in [0, 0.05) is 23.7 Å². The third-order valence-electron chi connectivity index (χ3n) is 2.76. The van der Waals surface area contributed by atoms with Crippen molar-refractivity contribution >= 4 is 23.2 Å². The lowest BCUT2D eigenvalue weighted by Gasteiger charge is -2.07. The van der Waals surface area contributed by atoms with Gasteiger partial charge >= 0.3 is 5.69 Å². The van der Waals surface area contributed by atoms with E-state index >= 15 is 0 Å². The Morgan fingerprint density at radius 2 is 2.26 bits per heavy atom. The van der Waals surface area contributed by atoms with E-state index in [-0.39, 0.29) is 24.0 Å². The number of halogens is 1. The molecule has 0 aliphatic heterocycles. The van der Waals surface area contributed by atoms with E-state index < -0.39 is 4.92 Å². The molecule has 1 aromatic carbocycles. The molecule has 7 heteroatoms. The summed E-state index contributed by atoms with van der Waals surface area (Å²) in [5.41, 5.74) is -0.209. The van der Waals surface area contributed by atoms with Crippen molar-refractivity contribution in [2.45, 2.75) is 12.8 Å². The number of ether oxygens (including phenoxy) is 1. The smallest absolute Gasteiger partial charge is 0.311 e. The molecule has 6 nitrogen and oxygen atoms in total. The standard InChI is InChI=1S/C12H13ClN2O4/c13-9-3-4-10(15(17)18)11(5-9)19-7-12(16)14-6-8-1-2-8/h3-5,8H,1-2,6-7H2,(H,14,16). The lowest BCUT2D eigenvalue weighted by atomic mass is 10.3. The van der Waals surface area contributed by atoms with Gasteiger partial charge in [0.25, 0.3) is 5.91 Å². The fourth-order valence-corrected chi connectivity index (χ4v) is 1.69. The van der Waals surface area contributed by atoms with Gasteiger partial charge in [-0.25, -0.2) is 0 Å². The predicted molar refractivity (Wildman–Crippen MR) is 69.3 cm³/mol. The number of carbonyl (C=O) groups excluding carboxylic acids is 1. The molecule has 1 amide bonds. The second kappa shape index (κ2) is 5.88. The number of carbonyl (C=O) groups is 1. The monoisotopic (exact) mass is 284 g/mol. The molecule has 0 bridgehead atoms. The molecular weight excluding hydrogens is 272 g/mol. The van der Waals surface area contributed by atoms with E-state index in [1.165, 1.54) is 18.2 Å². The molecule has 0 unspecified atom stereocenters. The van der Waals surface area contributed by atoms with Crippen LogP contribution in [-0.4, -0.2) is 24.0 Å². The Kier molecular flexibility index (Phi) is 4.21. The number of amides is 1. The zero-order valence-corrected chi connectivity index (χ0v) is 10.9. The topological polar surface area (TPSA) is 81.5 Å². The maximum atomic E-state index is 11.5. The van der Waals surface area contributed by atoms with Crippen molar-refractivity contribution in [3.63, 3.8) is 0 Å². The maximum absolute atomic E-state index is 11.5. The van der Waals surface area contributed by atoms with Gasteiger partial charge in [-0.15, -0.1) is 0 Å². The quantitative estimate of drug-likeness (QED) is 0.641. The summed E-state index contributed by atoms with van der Waals surface area (Å²) < 4.78 is 5.16. The van der Waals surface area contributed by atoms with Crippen molar-refractivity contribution in [3.8, 4) is 5.75 Å². The van der Waals surface area contributed by atoms with Crippen LogP contribution in [0.4, 0.5) is 5.69 Å². The molecule has 1 aliphatic rings. The molecule has 0 aromatic heterocycles. The van der Waals surface area contributed by atoms with E-state index in [1.807, 2.05) is 0 Å². The third-order valence-corrected chi connectivity index (χ3v) is 3.00. The fourth-order valence-electron chi connectivity index (χ4n) is 1.53. The van der Waals surface area contributed by atoms with Crippen LogP contribution >= 0.6 is 11.6 Å². The first-order chi connectivity index (χ1) is 9.06. The van der Waals surface area contributed by atoms with Gasteiger partial charge in [0.2, 0.25) is 0 Å². The Labute approximate surface area is 114 Å². The molecule has 1 fully saturated rings. The first kappa shape index (κ1) is 13.6. The summed E-state index contributed by atoms with van der Waals surface area (Å²) in [7, 11) is 0. The normalized spacial score (nSPS) is 13.9. The largest absolute Gasteiger partial charge is 0.477 e. The Bertz CT molecular complexity index is 503. The number of hydrogen-bond acceptors (Lipinski definition) is 4. The van der Waals surface area contributed by atoms with Crippen LogP contribution in [0.5, 0.6) is 5.75 Å². The van der Waals surface area contributed by atoms with Crippen LogP contribution in [-0.2, 0) is 4.79 Å². The van der Waals surface area contributed by atoms with Gasteiger partial charge in [-0.2, -0.15) is 0 Å². The van der Waals surface area contributed by atoms with Crippen LogP contribution in [0.25, 0.3) is 0 Å². The van der Waals surface area contributed by atoms with Gasteiger partial charge in [-0.05, 0) is 24.8 Å². The molecule has 19 heavy (non-hydrogen) atoms. The van der Waals surface area contributed by atoms with E-state index in [0.717, 1.165) is 12.8 Å². The van der Waals surface area contributed by atoms with Crippen molar-refractivity contribution in [1.29, 1.82) is 0 Å². The lowest BCUT2D eigenvalue weighted by Crippen LogP contribution is -2.30. The van der Waals surface area contributed by atoms with Gasteiger partial charge in [0.1, 0.15) is 0 Å². The summed E-state index contributed by atoms with van der Waals surface area (Å²) in [6.07, 6.45) is 2.28. The van der Waals surface area contributed by atoms with Crippen LogP contribution in [0.2, 0.25) is 5.02 Å². The first-order valence-electron chi connectivity index (χ1n) is 5.89. The van der Waals surface area contributed by atoms with Crippen molar-refractivity contribution in [2.24, 2.45) is 5.92 Å². The van der Waals surface area contributed by atoms with Crippen LogP contribution in [0.3, 0.4) is 0 Å². The van der Waals surface area contributed by atoms with E-state index in [4.69, 9.17) is 16.3 Å². The Morgan fingerprint density at radius 1 is 1.53 bits per heavy atom. The molecule has 2 rings (SSSR count). The van der Waals surface area contributed by atoms with E-state index in [9.17, 15) is 14.9 Å². The number of rotatable bonds is 6. The highest BCUT2D eigenvalue weighted by Crippen LogP contribution is 2.30. The number of nitrogens with zero attached hydrogens (tertiary/aromatic N) is 1. The molecule has 0 spiro atoms. The van der Waals surface area contributed by atoms with Crippen molar-refractivity contribution < 1.29 is 14.5 Å². The number of nitrogens with one attached hydrogen (secondary N) is 1. The summed E-state index contributed by atoms with van der Waals surface area (Å²) in [5, 5.41) is 13.8. The van der Waals surface area contributed by atoms with Gasteiger partial charge in [0.15, 0.2) is 12.4 Å². The highest BCUT2D eigenvalue weighted by Gasteiger charge is 2.22. The zero-order valence-electron chi connectivity index (χ0n) is 10.1. The third kappa shape index (κ3) is 4.10. The van der Waals surface area contributed by atoms with Gasteiger partial charge < -0.3 is 10.1 Å². The molecule has 1 N–H and O–H groups in total. The summed E-state index contributed by atoms with van der Waals surface area (Å²) in [6, 6.07) is 3.98. The molecule has 0 atom stereocenters. The minimum atomic E-state index is -0.576. The number of benzene rings is 1. The molecule has 1 aromatic rings. The maximum Gasteiger partial charge on any atom is 0.311 e. The van der Waals surface area contributed by atoms with Crippen LogP contribution in [0.15, 0.2) is 18.2 Å². The SMILES string of the molecule is O=C(COc1cc(Cl)ccc1[N+](=O)[O-])NCC1CC1. The average Bonchev–Trinajstić information content (AvgIpc) is 3.17. The average molecular weight is 285 g/mol. The Morgan fingerprint density at radius 3 is 2.89 bits per heavy atom. The van der Waals surface area contributed by atoms with Crippen molar-refractivity contribution in [3.05, 3.63) is 33.3 Å². The fraction of sp³-hybridized carbons (Fsp3) is 0.417. The van der Waals surface area contributed by atoms with E-state index in [0.29, 0.717) is 17.5 Å². The second-order valence-electron chi connectivity index (χ2n) is 4.41. The van der Waals surface area contributed by atoms with Crippen molar-refractivity contribution in [2.75, 3.05) is 13.2 Å². The highest BCUT2D eigenvalue weighted by molar-refractivity contribution is 6.30. The summed E-state index contributed by atoms with van der Waals surface area (Å²) in [6.45, 7) is 0.383. The number of hydrogen-bond donors (Lipinski definition) is 1. The minimum Gasteiger partial charge on any atom is -0.477 e. The van der Waals surface area contributed by atoms with Crippen LogP contribution in [0.1, 0.15) is 12.8 Å². The van der Waals surface area contributed by atoms with E-state index in [1.54, 1.807) is 0 Å². The molecule has 1 saturated carbocycles. The predicted octanol–water partition coefficient (Wildman–Crippen LogP) is 2.15. The zero-order chi connectivity index (χ0) is 13.8. The summed E-state index contributed by atoms with van der Waals surface area (Å²) >= 11 is 5.74. The summed E-state index contributed by atoms with van der Waals surface area (Å²) in [4.78, 5) is 21.7. The molecule has 1 aliphatic carbocycles.